The normalized spacial score (nSPS) is 12.4. The molecule has 0 aliphatic heterocycles. The highest BCUT2D eigenvalue weighted by Gasteiger charge is 2.18. The smallest absolute Gasteiger partial charge is 0.339 e. The molecule has 0 saturated heterocycles. The monoisotopic (exact) mass is 278 g/mol. The molecule has 0 bridgehead atoms. The molecule has 1 heterocycles. The summed E-state index contributed by atoms with van der Waals surface area (Å²) < 4.78 is 1.69. The molecule has 0 spiro atoms. The fourth-order valence-electron chi connectivity index (χ4n) is 1.81. The van der Waals surface area contributed by atoms with Gasteiger partial charge in [-0.25, -0.2) is 4.79 Å². The average molecular weight is 279 g/mol. The number of rotatable bonds is 4. The lowest BCUT2D eigenvalue weighted by atomic mass is 10.1. The summed E-state index contributed by atoms with van der Waals surface area (Å²) in [5, 5.41) is 14.2. The van der Waals surface area contributed by atoms with Crippen molar-refractivity contribution in [2.75, 3.05) is 0 Å². The van der Waals surface area contributed by atoms with Crippen LogP contribution in [0, 0.1) is 0 Å². The molecule has 1 atom stereocenters. The highest BCUT2D eigenvalue weighted by molar-refractivity contribution is 6.30. The van der Waals surface area contributed by atoms with Crippen LogP contribution < -0.4 is 0 Å². The Kier molecular flexibility index (Phi) is 3.90. The molecular formula is C14H15ClN2O2. The number of carboxylic acid groups (broad SMARTS) is 1. The minimum absolute atomic E-state index is 0.158. The number of nitrogens with zero attached hydrogens (tertiary/aromatic N) is 2. The maximum atomic E-state index is 11.3. The van der Waals surface area contributed by atoms with Gasteiger partial charge in [0.2, 0.25) is 0 Å². The standard InChI is InChI=1S/C14H15ClN2O2/c1-3-9(2)17-8-12(14(18)19)13(16-17)10-5-4-6-11(15)7-10/h4-9H,3H2,1-2H3,(H,18,19). The number of hydrogen-bond acceptors (Lipinski definition) is 2. The Labute approximate surface area is 116 Å². The van der Waals surface area contributed by atoms with E-state index in [0.29, 0.717) is 16.3 Å². The van der Waals surface area contributed by atoms with Crippen molar-refractivity contribution < 1.29 is 9.90 Å². The first kappa shape index (κ1) is 13.6. The lowest BCUT2D eigenvalue weighted by Crippen LogP contribution is -2.04. The van der Waals surface area contributed by atoms with E-state index in [4.69, 9.17) is 11.6 Å². The molecule has 19 heavy (non-hydrogen) atoms. The van der Waals surface area contributed by atoms with E-state index in [9.17, 15) is 9.90 Å². The van der Waals surface area contributed by atoms with Gasteiger partial charge in [0.15, 0.2) is 0 Å². The van der Waals surface area contributed by atoms with Crippen LogP contribution in [0.2, 0.25) is 5.02 Å². The number of hydrogen-bond donors (Lipinski definition) is 1. The molecule has 1 N–H and O–H groups in total. The van der Waals surface area contributed by atoms with Crippen molar-refractivity contribution in [3.05, 3.63) is 41.0 Å². The van der Waals surface area contributed by atoms with Gasteiger partial charge in [0, 0.05) is 22.8 Å². The van der Waals surface area contributed by atoms with E-state index >= 15 is 0 Å². The Bertz CT molecular complexity index is 607. The van der Waals surface area contributed by atoms with Gasteiger partial charge in [0.1, 0.15) is 11.3 Å². The summed E-state index contributed by atoms with van der Waals surface area (Å²) in [4.78, 5) is 11.3. The second-order valence-corrected chi connectivity index (χ2v) is 4.88. The molecule has 2 aromatic rings. The quantitative estimate of drug-likeness (QED) is 0.923. The Morgan fingerprint density at radius 1 is 1.53 bits per heavy atom. The molecule has 1 aromatic heterocycles. The zero-order chi connectivity index (χ0) is 14.0. The number of aromatic nitrogens is 2. The van der Waals surface area contributed by atoms with Gasteiger partial charge in [0.25, 0.3) is 0 Å². The molecule has 1 unspecified atom stereocenters. The zero-order valence-corrected chi connectivity index (χ0v) is 11.6. The molecule has 5 heteroatoms. The van der Waals surface area contributed by atoms with E-state index in [0.717, 1.165) is 6.42 Å². The van der Waals surface area contributed by atoms with Crippen LogP contribution in [0.3, 0.4) is 0 Å². The van der Waals surface area contributed by atoms with E-state index < -0.39 is 5.97 Å². The molecule has 0 amide bonds. The summed E-state index contributed by atoms with van der Waals surface area (Å²) in [6.45, 7) is 4.03. The molecule has 100 valence electrons. The minimum atomic E-state index is -0.982. The van der Waals surface area contributed by atoms with Crippen LogP contribution >= 0.6 is 11.6 Å². The third kappa shape index (κ3) is 2.79. The van der Waals surface area contributed by atoms with Gasteiger partial charge in [0.05, 0.1) is 0 Å². The first-order valence-electron chi connectivity index (χ1n) is 6.11. The van der Waals surface area contributed by atoms with Crippen molar-refractivity contribution in [1.82, 2.24) is 9.78 Å². The molecule has 4 nitrogen and oxygen atoms in total. The lowest BCUT2D eigenvalue weighted by Gasteiger charge is -2.07. The molecule has 0 aliphatic rings. The highest BCUT2D eigenvalue weighted by atomic mass is 35.5. The second-order valence-electron chi connectivity index (χ2n) is 4.44. The third-order valence-corrected chi connectivity index (χ3v) is 3.34. The van der Waals surface area contributed by atoms with Crippen molar-refractivity contribution in [3.63, 3.8) is 0 Å². The predicted octanol–water partition coefficient (Wildman–Crippen LogP) is 3.87. The van der Waals surface area contributed by atoms with Crippen LogP contribution in [0.1, 0.15) is 36.7 Å². The summed E-state index contributed by atoms with van der Waals surface area (Å²) in [6, 6.07) is 7.22. The van der Waals surface area contributed by atoms with Crippen LogP contribution in [0.4, 0.5) is 0 Å². The Morgan fingerprint density at radius 2 is 2.26 bits per heavy atom. The van der Waals surface area contributed by atoms with E-state index in [1.165, 1.54) is 0 Å². The van der Waals surface area contributed by atoms with Crippen LogP contribution in [0.25, 0.3) is 11.3 Å². The topological polar surface area (TPSA) is 55.1 Å². The van der Waals surface area contributed by atoms with Crippen LogP contribution in [0.15, 0.2) is 30.5 Å². The van der Waals surface area contributed by atoms with Crippen molar-refractivity contribution in [3.8, 4) is 11.3 Å². The summed E-state index contributed by atoms with van der Waals surface area (Å²) in [5.74, 6) is -0.982. The van der Waals surface area contributed by atoms with Gasteiger partial charge >= 0.3 is 5.97 Å². The maximum Gasteiger partial charge on any atom is 0.339 e. The summed E-state index contributed by atoms with van der Waals surface area (Å²) in [5.41, 5.74) is 1.37. The van der Waals surface area contributed by atoms with E-state index in [-0.39, 0.29) is 11.6 Å². The minimum Gasteiger partial charge on any atom is -0.478 e. The van der Waals surface area contributed by atoms with Gasteiger partial charge in [-0.2, -0.15) is 5.10 Å². The average Bonchev–Trinajstić information content (AvgIpc) is 2.83. The molecular weight excluding hydrogens is 264 g/mol. The van der Waals surface area contributed by atoms with Gasteiger partial charge in [-0.05, 0) is 25.5 Å². The summed E-state index contributed by atoms with van der Waals surface area (Å²) >= 11 is 5.94. The molecule has 1 aromatic carbocycles. The maximum absolute atomic E-state index is 11.3. The van der Waals surface area contributed by atoms with E-state index in [2.05, 4.69) is 5.10 Å². The van der Waals surface area contributed by atoms with Crippen molar-refractivity contribution in [2.45, 2.75) is 26.3 Å². The molecule has 0 aliphatic carbocycles. The largest absolute Gasteiger partial charge is 0.478 e. The second kappa shape index (κ2) is 5.45. The first-order valence-corrected chi connectivity index (χ1v) is 6.49. The number of carbonyl (C=O) groups is 1. The van der Waals surface area contributed by atoms with Gasteiger partial charge in [-0.15, -0.1) is 0 Å². The van der Waals surface area contributed by atoms with Gasteiger partial charge < -0.3 is 5.11 Å². The number of aromatic carboxylic acids is 1. The zero-order valence-electron chi connectivity index (χ0n) is 10.8. The Balaban J connectivity index is 2.55. The number of benzene rings is 1. The van der Waals surface area contributed by atoms with Gasteiger partial charge in [-0.1, -0.05) is 30.7 Å². The van der Waals surface area contributed by atoms with E-state index in [1.807, 2.05) is 19.9 Å². The van der Waals surface area contributed by atoms with Crippen LogP contribution in [-0.2, 0) is 0 Å². The Hall–Kier alpha value is -1.81. The summed E-state index contributed by atoms with van der Waals surface area (Å²) in [7, 11) is 0. The van der Waals surface area contributed by atoms with E-state index in [1.54, 1.807) is 29.1 Å². The fourth-order valence-corrected chi connectivity index (χ4v) is 2.00. The van der Waals surface area contributed by atoms with Crippen molar-refractivity contribution in [2.24, 2.45) is 0 Å². The molecule has 0 radical (unpaired) electrons. The molecule has 0 saturated carbocycles. The number of carboxylic acids is 1. The lowest BCUT2D eigenvalue weighted by molar-refractivity contribution is 0.0697. The van der Waals surface area contributed by atoms with Crippen LogP contribution in [0.5, 0.6) is 0 Å². The van der Waals surface area contributed by atoms with Crippen LogP contribution in [-0.4, -0.2) is 20.9 Å². The van der Waals surface area contributed by atoms with Crippen molar-refractivity contribution >= 4 is 17.6 Å². The van der Waals surface area contributed by atoms with Gasteiger partial charge in [-0.3, -0.25) is 4.68 Å². The summed E-state index contributed by atoms with van der Waals surface area (Å²) in [6.07, 6.45) is 2.46. The SMILES string of the molecule is CCC(C)n1cc(C(=O)O)c(-c2cccc(Cl)c2)n1. The molecule has 0 fully saturated rings. The fraction of sp³-hybridized carbons (Fsp3) is 0.286. The number of halogens is 1. The highest BCUT2D eigenvalue weighted by Crippen LogP contribution is 2.26. The third-order valence-electron chi connectivity index (χ3n) is 3.10. The first-order chi connectivity index (χ1) is 9.02. The Morgan fingerprint density at radius 3 is 2.84 bits per heavy atom. The predicted molar refractivity (Wildman–Crippen MR) is 74.6 cm³/mol. The van der Waals surface area contributed by atoms with Crippen molar-refractivity contribution in [1.29, 1.82) is 0 Å². The molecule has 2 rings (SSSR count).